The smallest absolute Gasteiger partial charge is 0.246 e. The van der Waals surface area contributed by atoms with Crippen LogP contribution in [-0.2, 0) is 10.3 Å². The summed E-state index contributed by atoms with van der Waals surface area (Å²) in [5, 5.41) is 0. The number of nitrogens with two attached hydrogens (primary N) is 1. The molecule has 2 aliphatic rings. The average Bonchev–Trinajstić information content (AvgIpc) is 3.08. The lowest BCUT2D eigenvalue weighted by atomic mass is 9.89. The van der Waals surface area contributed by atoms with E-state index in [2.05, 4.69) is 20.8 Å². The van der Waals surface area contributed by atoms with E-state index in [0.717, 1.165) is 41.9 Å². The van der Waals surface area contributed by atoms with Gasteiger partial charge in [-0.05, 0) is 69.3 Å². The molecule has 2 aliphatic heterocycles. The molecule has 2 N–H and O–H groups in total. The molecular formula is C19H28BrN3O. The third kappa shape index (κ3) is 4.01. The lowest BCUT2D eigenvalue weighted by molar-refractivity contribution is -0.138. The largest absolute Gasteiger partial charge is 0.341 e. The number of rotatable bonds is 4. The minimum absolute atomic E-state index is 0.0458. The Kier molecular flexibility index (Phi) is 5.63. The van der Waals surface area contributed by atoms with Gasteiger partial charge >= 0.3 is 0 Å². The normalized spacial score (nSPS) is 22.5. The molecular weight excluding hydrogens is 366 g/mol. The summed E-state index contributed by atoms with van der Waals surface area (Å²) in [6, 6.07) is 7.75. The fraction of sp³-hybridized carbons (Fsp3) is 0.632. The van der Waals surface area contributed by atoms with Crippen molar-refractivity contribution >= 4 is 21.8 Å². The van der Waals surface area contributed by atoms with E-state index in [1.807, 2.05) is 36.1 Å². The first-order valence-electron chi connectivity index (χ1n) is 9.03. The van der Waals surface area contributed by atoms with Gasteiger partial charge in [0, 0.05) is 24.1 Å². The second kappa shape index (κ2) is 7.54. The van der Waals surface area contributed by atoms with Crippen LogP contribution in [0.2, 0.25) is 0 Å². The summed E-state index contributed by atoms with van der Waals surface area (Å²) in [4.78, 5) is 17.5. The van der Waals surface area contributed by atoms with Crippen LogP contribution in [0.1, 0.15) is 38.2 Å². The molecule has 0 aliphatic carbocycles. The summed E-state index contributed by atoms with van der Waals surface area (Å²) in [5.41, 5.74) is 6.33. The third-order valence-electron chi connectivity index (χ3n) is 5.50. The fourth-order valence-electron chi connectivity index (χ4n) is 3.90. The highest BCUT2D eigenvalue weighted by atomic mass is 79.9. The van der Waals surface area contributed by atoms with Crippen molar-refractivity contribution in [3.05, 3.63) is 34.3 Å². The van der Waals surface area contributed by atoms with Crippen LogP contribution in [0.5, 0.6) is 0 Å². The van der Waals surface area contributed by atoms with Crippen LogP contribution in [0.15, 0.2) is 28.7 Å². The van der Waals surface area contributed by atoms with E-state index < -0.39 is 5.54 Å². The number of amides is 1. The Morgan fingerprint density at radius 3 is 2.33 bits per heavy atom. The zero-order valence-corrected chi connectivity index (χ0v) is 16.1. The van der Waals surface area contributed by atoms with Gasteiger partial charge < -0.3 is 15.5 Å². The maximum Gasteiger partial charge on any atom is 0.246 e. The number of likely N-dealkylation sites (tertiary alicyclic amines) is 2. The molecule has 0 spiro atoms. The summed E-state index contributed by atoms with van der Waals surface area (Å²) in [6.45, 7) is 7.21. The van der Waals surface area contributed by atoms with Crippen LogP contribution in [-0.4, -0.2) is 48.4 Å². The van der Waals surface area contributed by atoms with Gasteiger partial charge in [0.05, 0.1) is 0 Å². The van der Waals surface area contributed by atoms with E-state index in [0.29, 0.717) is 0 Å². The van der Waals surface area contributed by atoms with E-state index in [1.54, 1.807) is 0 Å². The van der Waals surface area contributed by atoms with Gasteiger partial charge in [0.2, 0.25) is 5.91 Å². The van der Waals surface area contributed by atoms with Crippen LogP contribution in [0.4, 0.5) is 0 Å². The minimum atomic E-state index is -0.956. The molecule has 3 rings (SSSR count). The summed E-state index contributed by atoms with van der Waals surface area (Å²) < 4.78 is 0.997. The van der Waals surface area contributed by atoms with Gasteiger partial charge in [0.1, 0.15) is 5.54 Å². The van der Waals surface area contributed by atoms with Gasteiger partial charge in [-0.15, -0.1) is 0 Å². The quantitative estimate of drug-likeness (QED) is 0.855. The zero-order valence-electron chi connectivity index (χ0n) is 14.5. The number of hydrogen-bond acceptors (Lipinski definition) is 3. The molecule has 0 saturated carbocycles. The van der Waals surface area contributed by atoms with Crippen molar-refractivity contribution in [3.8, 4) is 0 Å². The Morgan fingerprint density at radius 2 is 1.75 bits per heavy atom. The second-order valence-corrected chi connectivity index (χ2v) is 8.37. The van der Waals surface area contributed by atoms with E-state index in [1.165, 1.54) is 32.5 Å². The van der Waals surface area contributed by atoms with Crippen LogP contribution >= 0.6 is 15.9 Å². The Bertz CT molecular complexity index is 558. The number of benzene rings is 1. The van der Waals surface area contributed by atoms with E-state index in [-0.39, 0.29) is 5.91 Å². The lowest BCUT2D eigenvalue weighted by Gasteiger charge is -2.38. The van der Waals surface area contributed by atoms with Gasteiger partial charge in [-0.1, -0.05) is 28.1 Å². The molecule has 0 aromatic heterocycles. The van der Waals surface area contributed by atoms with Crippen molar-refractivity contribution in [2.45, 2.75) is 38.1 Å². The molecule has 1 aromatic rings. The zero-order chi connectivity index (χ0) is 17.2. The van der Waals surface area contributed by atoms with E-state index >= 15 is 0 Å². The van der Waals surface area contributed by atoms with Crippen LogP contribution < -0.4 is 5.73 Å². The van der Waals surface area contributed by atoms with Crippen molar-refractivity contribution in [1.29, 1.82) is 0 Å². The van der Waals surface area contributed by atoms with E-state index in [4.69, 9.17) is 5.73 Å². The number of nitrogens with zero attached hydrogens (tertiary/aromatic N) is 2. The average molecular weight is 394 g/mol. The highest BCUT2D eigenvalue weighted by Crippen LogP contribution is 2.26. The number of hydrogen-bond donors (Lipinski definition) is 1. The van der Waals surface area contributed by atoms with Gasteiger partial charge in [-0.25, -0.2) is 0 Å². The van der Waals surface area contributed by atoms with Gasteiger partial charge in [0.15, 0.2) is 0 Å². The topological polar surface area (TPSA) is 49.6 Å². The molecule has 132 valence electrons. The molecule has 4 nitrogen and oxygen atoms in total. The maximum absolute atomic E-state index is 12.9. The molecule has 0 radical (unpaired) electrons. The number of halogens is 1. The van der Waals surface area contributed by atoms with Gasteiger partial charge in [-0.2, -0.15) is 0 Å². The molecule has 0 bridgehead atoms. The van der Waals surface area contributed by atoms with Gasteiger partial charge in [0.25, 0.3) is 0 Å². The molecule has 2 saturated heterocycles. The van der Waals surface area contributed by atoms with Crippen molar-refractivity contribution in [2.24, 2.45) is 11.7 Å². The predicted octanol–water partition coefficient (Wildman–Crippen LogP) is 2.96. The van der Waals surface area contributed by atoms with Crippen molar-refractivity contribution in [3.63, 3.8) is 0 Å². The molecule has 5 heteroatoms. The Labute approximate surface area is 153 Å². The third-order valence-corrected chi connectivity index (χ3v) is 6.03. The highest BCUT2D eigenvalue weighted by Gasteiger charge is 2.36. The summed E-state index contributed by atoms with van der Waals surface area (Å²) in [5.74, 6) is 0.772. The Balaban J connectivity index is 1.56. The van der Waals surface area contributed by atoms with Crippen molar-refractivity contribution < 1.29 is 4.79 Å². The Morgan fingerprint density at radius 1 is 1.17 bits per heavy atom. The minimum Gasteiger partial charge on any atom is -0.341 e. The number of carbonyl (C=O) groups excluding carboxylic acids is 1. The highest BCUT2D eigenvalue weighted by molar-refractivity contribution is 9.10. The van der Waals surface area contributed by atoms with Crippen LogP contribution in [0, 0.1) is 5.92 Å². The first-order valence-corrected chi connectivity index (χ1v) is 9.83. The van der Waals surface area contributed by atoms with Crippen LogP contribution in [0.3, 0.4) is 0 Å². The maximum atomic E-state index is 12.9. The first kappa shape index (κ1) is 17.9. The summed E-state index contributed by atoms with van der Waals surface area (Å²) >= 11 is 3.43. The molecule has 2 fully saturated rings. The molecule has 1 aromatic carbocycles. The number of carbonyl (C=O) groups is 1. The molecule has 2 heterocycles. The Hall–Kier alpha value is -0.910. The molecule has 24 heavy (non-hydrogen) atoms. The van der Waals surface area contributed by atoms with Crippen LogP contribution in [0.25, 0.3) is 0 Å². The predicted molar refractivity (Wildman–Crippen MR) is 101 cm³/mol. The first-order chi connectivity index (χ1) is 11.5. The lowest BCUT2D eigenvalue weighted by Crippen LogP contribution is -2.53. The van der Waals surface area contributed by atoms with E-state index in [9.17, 15) is 4.79 Å². The fourth-order valence-corrected chi connectivity index (χ4v) is 4.16. The summed E-state index contributed by atoms with van der Waals surface area (Å²) in [6.07, 6.45) is 4.88. The standard InChI is InChI=1S/C19H28BrN3O/c1-19(21,16-4-6-17(20)7-5-16)18(24)23-12-8-15(9-13-23)14-22-10-2-3-11-22/h4-7,15H,2-3,8-14,21H2,1H3. The molecule has 1 unspecified atom stereocenters. The monoisotopic (exact) mass is 393 g/mol. The van der Waals surface area contributed by atoms with Gasteiger partial charge in [-0.3, -0.25) is 4.79 Å². The van der Waals surface area contributed by atoms with Crippen molar-refractivity contribution in [2.75, 3.05) is 32.7 Å². The SMILES string of the molecule is CC(N)(C(=O)N1CCC(CN2CCCC2)CC1)c1ccc(Br)cc1. The summed E-state index contributed by atoms with van der Waals surface area (Å²) in [7, 11) is 0. The van der Waals surface area contributed by atoms with Crippen molar-refractivity contribution in [1.82, 2.24) is 9.80 Å². The second-order valence-electron chi connectivity index (χ2n) is 7.45. The molecule has 1 amide bonds. The molecule has 1 atom stereocenters. The number of piperidine rings is 1.